The van der Waals surface area contributed by atoms with Gasteiger partial charge in [0.05, 0.1) is 12.1 Å². The Morgan fingerprint density at radius 1 is 1.25 bits per heavy atom. The molecule has 3 rings (SSSR count). The quantitative estimate of drug-likeness (QED) is 0.832. The van der Waals surface area contributed by atoms with Crippen LogP contribution in [0.15, 0.2) is 42.9 Å². The van der Waals surface area contributed by atoms with E-state index in [1.54, 1.807) is 41.7 Å². The summed E-state index contributed by atoms with van der Waals surface area (Å²) in [7, 11) is 0. The minimum absolute atomic E-state index is 0.0207. The van der Waals surface area contributed by atoms with E-state index in [1.807, 2.05) is 19.9 Å². The van der Waals surface area contributed by atoms with Gasteiger partial charge in [0.1, 0.15) is 5.82 Å². The molecule has 1 aromatic carbocycles. The lowest BCUT2D eigenvalue weighted by atomic mass is 9.97. The van der Waals surface area contributed by atoms with Crippen LogP contribution in [0.3, 0.4) is 0 Å². The number of rotatable bonds is 6. The zero-order valence-corrected chi connectivity index (χ0v) is 16.5. The number of nitrogens with zero attached hydrogens (tertiary/aromatic N) is 4. The van der Waals surface area contributed by atoms with Crippen molar-refractivity contribution in [3.63, 3.8) is 0 Å². The van der Waals surface area contributed by atoms with Crippen LogP contribution in [-0.4, -0.2) is 52.9 Å². The first-order valence-electron chi connectivity index (χ1n) is 9.83. The third kappa shape index (κ3) is 4.65. The molecule has 2 amide bonds. The fourth-order valence-electron chi connectivity index (χ4n) is 3.52. The van der Waals surface area contributed by atoms with Crippen LogP contribution < -0.4 is 10.2 Å². The molecule has 0 radical (unpaired) electrons. The van der Waals surface area contributed by atoms with Gasteiger partial charge in [0.15, 0.2) is 0 Å². The maximum absolute atomic E-state index is 12.8. The molecule has 1 aromatic heterocycles. The van der Waals surface area contributed by atoms with Gasteiger partial charge in [0.2, 0.25) is 5.91 Å². The van der Waals surface area contributed by atoms with Crippen molar-refractivity contribution in [2.75, 3.05) is 36.4 Å². The van der Waals surface area contributed by atoms with Crippen molar-refractivity contribution in [3.05, 3.63) is 48.4 Å². The van der Waals surface area contributed by atoms with Gasteiger partial charge in [-0.2, -0.15) is 0 Å². The Morgan fingerprint density at radius 3 is 2.79 bits per heavy atom. The molecule has 0 spiro atoms. The molecule has 7 nitrogen and oxygen atoms in total. The number of carbonyl (C=O) groups is 2. The van der Waals surface area contributed by atoms with E-state index in [0.717, 1.165) is 25.2 Å². The second-order valence-electron chi connectivity index (χ2n) is 6.90. The Bertz CT molecular complexity index is 807. The Balaban J connectivity index is 1.66. The average Bonchev–Trinajstić information content (AvgIpc) is 2.75. The second-order valence-corrected chi connectivity index (χ2v) is 6.90. The van der Waals surface area contributed by atoms with Crippen molar-refractivity contribution < 1.29 is 9.59 Å². The molecule has 0 bridgehead atoms. The molecule has 1 aliphatic heterocycles. The molecule has 7 heteroatoms. The van der Waals surface area contributed by atoms with Crippen molar-refractivity contribution in [3.8, 4) is 0 Å². The molecule has 1 unspecified atom stereocenters. The first kappa shape index (κ1) is 19.8. The van der Waals surface area contributed by atoms with Gasteiger partial charge in [-0.15, -0.1) is 0 Å². The molecule has 0 saturated carbocycles. The van der Waals surface area contributed by atoms with Crippen LogP contribution >= 0.6 is 0 Å². The van der Waals surface area contributed by atoms with Gasteiger partial charge in [-0.25, -0.2) is 4.98 Å². The topological polar surface area (TPSA) is 78.4 Å². The van der Waals surface area contributed by atoms with Gasteiger partial charge in [-0.1, -0.05) is 6.07 Å². The summed E-state index contributed by atoms with van der Waals surface area (Å²) in [5.41, 5.74) is 1.24. The molecule has 1 atom stereocenters. The summed E-state index contributed by atoms with van der Waals surface area (Å²) in [4.78, 5) is 37.7. The summed E-state index contributed by atoms with van der Waals surface area (Å²) in [6.45, 7) is 6.72. The van der Waals surface area contributed by atoms with E-state index in [2.05, 4.69) is 20.2 Å². The number of amides is 2. The fraction of sp³-hybridized carbons (Fsp3) is 0.429. The summed E-state index contributed by atoms with van der Waals surface area (Å²) < 4.78 is 0. The molecule has 1 saturated heterocycles. The van der Waals surface area contributed by atoms with Crippen molar-refractivity contribution >= 4 is 23.3 Å². The minimum atomic E-state index is -0.127. The lowest BCUT2D eigenvalue weighted by Crippen LogP contribution is -2.41. The van der Waals surface area contributed by atoms with E-state index < -0.39 is 0 Å². The molecule has 28 heavy (non-hydrogen) atoms. The average molecular weight is 381 g/mol. The summed E-state index contributed by atoms with van der Waals surface area (Å²) in [6, 6.07) is 7.16. The largest absolute Gasteiger partial charge is 0.355 e. The Kier molecular flexibility index (Phi) is 6.57. The SMILES string of the molecule is CCN(CC)C(=O)c1cccc(NC(=O)C2CCCN(c3cnccn3)C2)c1. The molecule has 1 fully saturated rings. The molecule has 2 aromatic rings. The maximum Gasteiger partial charge on any atom is 0.253 e. The molecule has 1 N–H and O–H groups in total. The smallest absolute Gasteiger partial charge is 0.253 e. The minimum Gasteiger partial charge on any atom is -0.355 e. The Labute approximate surface area is 165 Å². The van der Waals surface area contributed by atoms with Gasteiger partial charge in [0.25, 0.3) is 5.91 Å². The first-order valence-corrected chi connectivity index (χ1v) is 9.83. The van der Waals surface area contributed by atoms with Crippen LogP contribution in [0.4, 0.5) is 11.5 Å². The highest BCUT2D eigenvalue weighted by Gasteiger charge is 2.27. The predicted molar refractivity (Wildman–Crippen MR) is 109 cm³/mol. The highest BCUT2D eigenvalue weighted by molar-refractivity contribution is 5.97. The summed E-state index contributed by atoms with van der Waals surface area (Å²) in [5, 5.41) is 2.98. The van der Waals surface area contributed by atoms with Gasteiger partial charge >= 0.3 is 0 Å². The molecule has 148 valence electrons. The second kappa shape index (κ2) is 9.30. The number of piperidine rings is 1. The van der Waals surface area contributed by atoms with E-state index in [0.29, 0.717) is 30.9 Å². The number of aromatic nitrogens is 2. The van der Waals surface area contributed by atoms with Gasteiger partial charge in [0, 0.05) is 49.8 Å². The number of hydrogen-bond acceptors (Lipinski definition) is 5. The number of carbonyl (C=O) groups excluding carboxylic acids is 2. The van der Waals surface area contributed by atoms with Crippen LogP contribution in [0, 0.1) is 5.92 Å². The van der Waals surface area contributed by atoms with Crippen molar-refractivity contribution in [1.29, 1.82) is 0 Å². The number of nitrogens with one attached hydrogen (secondary N) is 1. The number of anilines is 2. The van der Waals surface area contributed by atoms with Crippen LogP contribution in [0.25, 0.3) is 0 Å². The zero-order chi connectivity index (χ0) is 19.9. The summed E-state index contributed by atoms with van der Waals surface area (Å²) >= 11 is 0. The van der Waals surface area contributed by atoms with Gasteiger partial charge in [-0.3, -0.25) is 14.6 Å². The normalized spacial score (nSPS) is 16.5. The van der Waals surface area contributed by atoms with E-state index in [4.69, 9.17) is 0 Å². The molecule has 1 aliphatic rings. The van der Waals surface area contributed by atoms with E-state index in [9.17, 15) is 9.59 Å². The van der Waals surface area contributed by atoms with Crippen molar-refractivity contribution in [2.24, 2.45) is 5.92 Å². The predicted octanol–water partition coefficient (Wildman–Crippen LogP) is 2.81. The zero-order valence-electron chi connectivity index (χ0n) is 16.5. The molecular weight excluding hydrogens is 354 g/mol. The fourth-order valence-corrected chi connectivity index (χ4v) is 3.52. The van der Waals surface area contributed by atoms with Crippen molar-refractivity contribution in [1.82, 2.24) is 14.9 Å². The molecule has 0 aliphatic carbocycles. The maximum atomic E-state index is 12.8. The molecular formula is C21H27N5O2. The Hall–Kier alpha value is -2.96. The van der Waals surface area contributed by atoms with Gasteiger partial charge in [-0.05, 0) is 44.9 Å². The third-order valence-corrected chi connectivity index (χ3v) is 5.09. The lowest BCUT2D eigenvalue weighted by Gasteiger charge is -2.32. The lowest BCUT2D eigenvalue weighted by molar-refractivity contribution is -0.120. The summed E-state index contributed by atoms with van der Waals surface area (Å²) in [6.07, 6.45) is 6.79. The summed E-state index contributed by atoms with van der Waals surface area (Å²) in [5.74, 6) is 0.623. The van der Waals surface area contributed by atoms with E-state index in [1.165, 1.54) is 0 Å². The van der Waals surface area contributed by atoms with Crippen LogP contribution in [0.2, 0.25) is 0 Å². The van der Waals surface area contributed by atoms with Gasteiger partial charge < -0.3 is 15.1 Å². The van der Waals surface area contributed by atoms with E-state index >= 15 is 0 Å². The standard InChI is InChI=1S/C21H27N5O2/c1-3-25(4-2)21(28)16-7-5-9-18(13-16)24-20(27)17-8-6-12-26(15-17)19-14-22-10-11-23-19/h5,7,9-11,13-14,17H,3-4,6,8,12,15H2,1-2H3,(H,24,27). The van der Waals surface area contributed by atoms with Crippen LogP contribution in [0.5, 0.6) is 0 Å². The Morgan fingerprint density at radius 2 is 2.07 bits per heavy atom. The molecule has 2 heterocycles. The number of benzene rings is 1. The number of hydrogen-bond donors (Lipinski definition) is 1. The monoisotopic (exact) mass is 381 g/mol. The first-order chi connectivity index (χ1) is 13.6. The van der Waals surface area contributed by atoms with Crippen molar-refractivity contribution in [2.45, 2.75) is 26.7 Å². The van der Waals surface area contributed by atoms with Crippen LogP contribution in [-0.2, 0) is 4.79 Å². The highest BCUT2D eigenvalue weighted by atomic mass is 16.2. The van der Waals surface area contributed by atoms with E-state index in [-0.39, 0.29) is 17.7 Å². The third-order valence-electron chi connectivity index (χ3n) is 5.09. The highest BCUT2D eigenvalue weighted by Crippen LogP contribution is 2.22. The van der Waals surface area contributed by atoms with Crippen LogP contribution in [0.1, 0.15) is 37.0 Å².